The smallest absolute Gasteiger partial charge is 0.254 e. The molecule has 0 N–H and O–H groups in total. The van der Waals surface area contributed by atoms with Crippen LogP contribution in [0.3, 0.4) is 0 Å². The Kier molecular flexibility index (Phi) is 3.82. The molecule has 0 aromatic heterocycles. The highest BCUT2D eigenvalue weighted by Crippen LogP contribution is 2.19. The molecule has 1 aromatic rings. The Bertz CT molecular complexity index is 392. The molecule has 0 unspecified atom stereocenters. The maximum absolute atomic E-state index is 12.4. The average Bonchev–Trinajstić information content (AvgIpc) is 2.39. The topological polar surface area (TPSA) is 20.3 Å². The molecule has 2 heteroatoms. The summed E-state index contributed by atoms with van der Waals surface area (Å²) < 4.78 is 0. The zero-order chi connectivity index (χ0) is 12.3. The van der Waals surface area contributed by atoms with Gasteiger partial charge < -0.3 is 4.90 Å². The van der Waals surface area contributed by atoms with Gasteiger partial charge in [-0.05, 0) is 36.8 Å². The van der Waals surface area contributed by atoms with E-state index in [0.29, 0.717) is 0 Å². The number of piperidine rings is 1. The van der Waals surface area contributed by atoms with Gasteiger partial charge in [0.2, 0.25) is 0 Å². The number of aryl methyl sites for hydroxylation is 1. The van der Waals surface area contributed by atoms with E-state index in [9.17, 15) is 4.79 Å². The minimum Gasteiger partial charge on any atom is -0.339 e. The highest BCUT2D eigenvalue weighted by Gasteiger charge is 2.22. The van der Waals surface area contributed by atoms with Crippen molar-refractivity contribution >= 4 is 5.91 Å². The second kappa shape index (κ2) is 5.35. The van der Waals surface area contributed by atoms with Gasteiger partial charge in [0, 0.05) is 18.7 Å². The summed E-state index contributed by atoms with van der Waals surface area (Å²) in [6.45, 7) is 6.20. The zero-order valence-electron chi connectivity index (χ0n) is 10.8. The van der Waals surface area contributed by atoms with Crippen molar-refractivity contribution in [2.75, 3.05) is 13.1 Å². The molecule has 17 heavy (non-hydrogen) atoms. The molecular formula is C15H21NO. The molecule has 1 aliphatic heterocycles. The fourth-order valence-corrected chi connectivity index (χ4v) is 2.42. The van der Waals surface area contributed by atoms with Crippen LogP contribution in [0, 0.1) is 5.92 Å². The van der Waals surface area contributed by atoms with Crippen LogP contribution in [0.2, 0.25) is 0 Å². The summed E-state index contributed by atoms with van der Waals surface area (Å²) in [7, 11) is 0. The second-order valence-corrected chi connectivity index (χ2v) is 4.99. The van der Waals surface area contributed by atoms with Gasteiger partial charge in [0.25, 0.3) is 5.91 Å². The van der Waals surface area contributed by atoms with Crippen LogP contribution in [-0.4, -0.2) is 23.9 Å². The number of hydrogen-bond donors (Lipinski definition) is 0. The number of rotatable bonds is 2. The molecule has 0 aliphatic carbocycles. The molecule has 0 bridgehead atoms. The Hall–Kier alpha value is -1.31. The van der Waals surface area contributed by atoms with E-state index in [1.54, 1.807) is 0 Å². The summed E-state index contributed by atoms with van der Waals surface area (Å²) in [6.07, 6.45) is 3.20. The van der Waals surface area contributed by atoms with E-state index in [1.807, 2.05) is 23.1 Å². The maximum atomic E-state index is 12.4. The number of amides is 1. The first-order valence-electron chi connectivity index (χ1n) is 6.59. The number of benzene rings is 1. The molecule has 1 aliphatic rings. The van der Waals surface area contributed by atoms with E-state index in [-0.39, 0.29) is 5.91 Å². The van der Waals surface area contributed by atoms with Crippen molar-refractivity contribution in [1.29, 1.82) is 0 Å². The first-order valence-corrected chi connectivity index (χ1v) is 6.59. The number of likely N-dealkylation sites (tertiary alicyclic amines) is 1. The lowest BCUT2D eigenvalue weighted by Crippen LogP contribution is -2.38. The lowest BCUT2D eigenvalue weighted by atomic mass is 9.97. The first kappa shape index (κ1) is 12.2. The molecule has 1 saturated heterocycles. The largest absolute Gasteiger partial charge is 0.339 e. The van der Waals surface area contributed by atoms with Gasteiger partial charge in [-0.25, -0.2) is 0 Å². The Morgan fingerprint density at radius 1 is 1.29 bits per heavy atom. The summed E-state index contributed by atoms with van der Waals surface area (Å²) in [4.78, 5) is 14.4. The molecule has 92 valence electrons. The van der Waals surface area contributed by atoms with Crippen LogP contribution in [0.25, 0.3) is 0 Å². The van der Waals surface area contributed by atoms with E-state index < -0.39 is 0 Å². The van der Waals surface area contributed by atoms with Crippen LogP contribution in [0.15, 0.2) is 24.3 Å². The van der Waals surface area contributed by atoms with E-state index in [0.717, 1.165) is 49.4 Å². The summed E-state index contributed by atoms with van der Waals surface area (Å²) in [5.74, 6) is 0.981. The minimum absolute atomic E-state index is 0.217. The summed E-state index contributed by atoms with van der Waals surface area (Å²) in [6, 6.07) is 7.98. The highest BCUT2D eigenvalue weighted by molar-refractivity contribution is 5.95. The monoisotopic (exact) mass is 231 g/mol. The van der Waals surface area contributed by atoms with Crippen molar-refractivity contribution in [3.63, 3.8) is 0 Å². The van der Waals surface area contributed by atoms with Crippen molar-refractivity contribution in [2.45, 2.75) is 33.1 Å². The second-order valence-electron chi connectivity index (χ2n) is 4.99. The molecule has 1 fully saturated rings. The van der Waals surface area contributed by atoms with Crippen molar-refractivity contribution < 1.29 is 4.79 Å². The quantitative estimate of drug-likeness (QED) is 0.765. The predicted molar refractivity (Wildman–Crippen MR) is 70.1 cm³/mol. The Balaban J connectivity index is 2.14. The van der Waals surface area contributed by atoms with E-state index in [4.69, 9.17) is 0 Å². The van der Waals surface area contributed by atoms with Gasteiger partial charge in [-0.3, -0.25) is 4.79 Å². The van der Waals surface area contributed by atoms with Crippen LogP contribution in [-0.2, 0) is 6.42 Å². The van der Waals surface area contributed by atoms with E-state index in [1.165, 1.54) is 0 Å². The number of carbonyl (C=O) groups is 1. The normalized spacial score (nSPS) is 17.2. The van der Waals surface area contributed by atoms with Gasteiger partial charge in [-0.1, -0.05) is 32.0 Å². The standard InChI is InChI=1S/C15H21NO/c1-3-13-6-4-5-7-14(13)15(17)16-10-8-12(2)9-11-16/h4-7,12H,3,8-11H2,1-2H3. The first-order chi connectivity index (χ1) is 8.22. The van der Waals surface area contributed by atoms with Crippen LogP contribution < -0.4 is 0 Å². The average molecular weight is 231 g/mol. The van der Waals surface area contributed by atoms with Crippen molar-refractivity contribution in [3.05, 3.63) is 35.4 Å². The number of nitrogens with zero attached hydrogens (tertiary/aromatic N) is 1. The molecule has 1 amide bonds. The van der Waals surface area contributed by atoms with E-state index in [2.05, 4.69) is 19.9 Å². The van der Waals surface area contributed by atoms with Gasteiger partial charge in [-0.2, -0.15) is 0 Å². The predicted octanol–water partition coefficient (Wildman–Crippen LogP) is 3.12. The number of carbonyl (C=O) groups excluding carboxylic acids is 1. The van der Waals surface area contributed by atoms with Gasteiger partial charge in [-0.15, -0.1) is 0 Å². The molecular weight excluding hydrogens is 210 g/mol. The van der Waals surface area contributed by atoms with Gasteiger partial charge in [0.05, 0.1) is 0 Å². The fourth-order valence-electron chi connectivity index (χ4n) is 2.42. The van der Waals surface area contributed by atoms with Crippen LogP contribution in [0.5, 0.6) is 0 Å². The zero-order valence-corrected chi connectivity index (χ0v) is 10.8. The lowest BCUT2D eigenvalue weighted by Gasteiger charge is -2.30. The van der Waals surface area contributed by atoms with Crippen molar-refractivity contribution in [3.8, 4) is 0 Å². The van der Waals surface area contributed by atoms with Crippen molar-refractivity contribution in [2.24, 2.45) is 5.92 Å². The van der Waals surface area contributed by atoms with Crippen molar-refractivity contribution in [1.82, 2.24) is 4.90 Å². The fraction of sp³-hybridized carbons (Fsp3) is 0.533. The summed E-state index contributed by atoms with van der Waals surface area (Å²) in [5, 5.41) is 0. The Morgan fingerprint density at radius 2 is 1.94 bits per heavy atom. The molecule has 0 atom stereocenters. The third-order valence-corrected chi connectivity index (χ3v) is 3.70. The summed E-state index contributed by atoms with van der Waals surface area (Å²) in [5.41, 5.74) is 2.06. The van der Waals surface area contributed by atoms with Crippen LogP contribution in [0.4, 0.5) is 0 Å². The molecule has 2 nitrogen and oxygen atoms in total. The SMILES string of the molecule is CCc1ccccc1C(=O)N1CCC(C)CC1. The maximum Gasteiger partial charge on any atom is 0.254 e. The third-order valence-electron chi connectivity index (χ3n) is 3.70. The molecule has 1 heterocycles. The highest BCUT2D eigenvalue weighted by atomic mass is 16.2. The van der Waals surface area contributed by atoms with Gasteiger partial charge >= 0.3 is 0 Å². The molecule has 0 saturated carbocycles. The Labute approximate surface area is 104 Å². The summed E-state index contributed by atoms with van der Waals surface area (Å²) >= 11 is 0. The van der Waals surface area contributed by atoms with Gasteiger partial charge in [0.15, 0.2) is 0 Å². The minimum atomic E-state index is 0.217. The number of hydrogen-bond acceptors (Lipinski definition) is 1. The molecule has 2 rings (SSSR count). The molecule has 0 spiro atoms. The van der Waals surface area contributed by atoms with E-state index >= 15 is 0 Å². The van der Waals surface area contributed by atoms with Crippen LogP contribution >= 0.6 is 0 Å². The molecule has 0 radical (unpaired) electrons. The third kappa shape index (κ3) is 2.68. The van der Waals surface area contributed by atoms with Crippen LogP contribution in [0.1, 0.15) is 42.6 Å². The van der Waals surface area contributed by atoms with Gasteiger partial charge in [0.1, 0.15) is 0 Å². The molecule has 1 aromatic carbocycles. The Morgan fingerprint density at radius 3 is 2.59 bits per heavy atom. The lowest BCUT2D eigenvalue weighted by molar-refractivity contribution is 0.0696.